The fraction of sp³-hybridized carbons (Fsp3) is 0.558. The van der Waals surface area contributed by atoms with Crippen molar-refractivity contribution in [2.75, 3.05) is 0 Å². The topological polar surface area (TPSA) is 55.8 Å². The SMILES string of the molecule is C[C@]12CC[C@@H]3c4cc(Oc5ccc6c(c5)CC[C@@H]5[C@@H]6CC[C@]6(C)C(=O)CC[C@@H]56)c(OCc5ccccc5)cc4CC[C@H]3[C@@H]1CC[C@@H]2O. The molecule has 0 radical (unpaired) electrons. The molecule has 0 amide bonds. The smallest absolute Gasteiger partial charge is 0.169 e. The first-order chi connectivity index (χ1) is 22.8. The number of ketones is 1. The molecule has 0 spiro atoms. The Labute approximate surface area is 280 Å². The van der Waals surface area contributed by atoms with Crippen molar-refractivity contribution in [2.24, 2.45) is 34.5 Å². The number of fused-ring (bicyclic) bond motifs is 10. The summed E-state index contributed by atoms with van der Waals surface area (Å²) in [6.07, 6.45) is 12.7. The van der Waals surface area contributed by atoms with E-state index in [2.05, 4.69) is 68.4 Å². The molecule has 4 nitrogen and oxygen atoms in total. The van der Waals surface area contributed by atoms with Gasteiger partial charge in [0.2, 0.25) is 0 Å². The maximum atomic E-state index is 12.8. The van der Waals surface area contributed by atoms with Crippen molar-refractivity contribution in [3.05, 3.63) is 88.5 Å². The highest BCUT2D eigenvalue weighted by atomic mass is 16.5. The number of carbonyl (C=O) groups excluding carboxylic acids is 1. The number of carbonyl (C=O) groups is 1. The monoisotopic (exact) mass is 630 g/mol. The van der Waals surface area contributed by atoms with Crippen LogP contribution in [-0.4, -0.2) is 17.0 Å². The summed E-state index contributed by atoms with van der Waals surface area (Å²) in [7, 11) is 0. The maximum Gasteiger partial charge on any atom is 0.169 e. The molecule has 4 fully saturated rings. The van der Waals surface area contributed by atoms with Gasteiger partial charge in [0.15, 0.2) is 11.5 Å². The van der Waals surface area contributed by atoms with Crippen LogP contribution < -0.4 is 9.47 Å². The zero-order chi connectivity index (χ0) is 31.9. The Morgan fingerprint density at radius 1 is 0.723 bits per heavy atom. The summed E-state index contributed by atoms with van der Waals surface area (Å²) in [5, 5.41) is 10.9. The highest BCUT2D eigenvalue weighted by Gasteiger charge is 2.55. The number of hydrogen-bond acceptors (Lipinski definition) is 4. The molecular formula is C43H50O4. The number of ether oxygens (including phenoxy) is 2. The van der Waals surface area contributed by atoms with Crippen LogP contribution in [0.15, 0.2) is 60.7 Å². The predicted molar refractivity (Wildman–Crippen MR) is 184 cm³/mol. The van der Waals surface area contributed by atoms with Crippen molar-refractivity contribution in [1.82, 2.24) is 0 Å². The van der Waals surface area contributed by atoms with Crippen LogP contribution in [0.3, 0.4) is 0 Å². The predicted octanol–water partition coefficient (Wildman–Crippen LogP) is 9.70. The number of Topliss-reactive ketones (excluding diaryl/α,β-unsaturated/α-hetero) is 1. The van der Waals surface area contributed by atoms with Gasteiger partial charge in [-0.2, -0.15) is 0 Å². The summed E-state index contributed by atoms with van der Waals surface area (Å²) in [6.45, 7) is 5.13. The van der Waals surface area contributed by atoms with Crippen molar-refractivity contribution in [3.8, 4) is 17.2 Å². The van der Waals surface area contributed by atoms with Crippen molar-refractivity contribution in [1.29, 1.82) is 0 Å². The highest BCUT2D eigenvalue weighted by molar-refractivity contribution is 5.87. The first-order valence-corrected chi connectivity index (χ1v) is 18.7. The molecule has 4 heteroatoms. The van der Waals surface area contributed by atoms with E-state index < -0.39 is 0 Å². The first kappa shape index (κ1) is 30.0. The van der Waals surface area contributed by atoms with Crippen LogP contribution in [0.5, 0.6) is 17.2 Å². The zero-order valence-electron chi connectivity index (χ0n) is 28.2. The number of aliphatic hydroxyl groups excluding tert-OH is 1. The molecule has 4 saturated carbocycles. The molecular weight excluding hydrogens is 580 g/mol. The van der Waals surface area contributed by atoms with Gasteiger partial charge < -0.3 is 14.6 Å². The molecule has 47 heavy (non-hydrogen) atoms. The third-order valence-electron chi connectivity index (χ3n) is 14.6. The highest BCUT2D eigenvalue weighted by Crippen LogP contribution is 2.62. The number of hydrogen-bond donors (Lipinski definition) is 1. The molecule has 0 aromatic heterocycles. The van der Waals surface area contributed by atoms with Crippen LogP contribution in [0.4, 0.5) is 0 Å². The minimum atomic E-state index is -0.152. The third kappa shape index (κ3) is 4.75. The van der Waals surface area contributed by atoms with Gasteiger partial charge in [0, 0.05) is 11.8 Å². The number of aliphatic hydroxyl groups is 1. The van der Waals surface area contributed by atoms with Gasteiger partial charge in [-0.25, -0.2) is 0 Å². The fourth-order valence-corrected chi connectivity index (χ4v) is 12.0. The number of aryl methyl sites for hydroxylation is 2. The van der Waals surface area contributed by atoms with Gasteiger partial charge in [0.25, 0.3) is 0 Å². The van der Waals surface area contributed by atoms with E-state index in [1.165, 1.54) is 35.1 Å². The first-order valence-electron chi connectivity index (χ1n) is 18.7. The molecule has 1 N–H and O–H groups in total. The van der Waals surface area contributed by atoms with Gasteiger partial charge in [-0.05, 0) is 164 Å². The summed E-state index contributed by atoms with van der Waals surface area (Å²) >= 11 is 0. The van der Waals surface area contributed by atoms with Crippen LogP contribution in [0.1, 0.15) is 118 Å². The maximum absolute atomic E-state index is 12.8. The minimum Gasteiger partial charge on any atom is -0.485 e. The largest absolute Gasteiger partial charge is 0.485 e. The summed E-state index contributed by atoms with van der Waals surface area (Å²) in [4.78, 5) is 12.8. The van der Waals surface area contributed by atoms with E-state index in [-0.39, 0.29) is 16.9 Å². The number of rotatable bonds is 5. The molecule has 3 aromatic carbocycles. The van der Waals surface area contributed by atoms with Crippen LogP contribution in [-0.2, 0) is 24.2 Å². The Kier molecular flexibility index (Phi) is 7.16. The second-order valence-electron chi connectivity index (χ2n) is 16.6. The van der Waals surface area contributed by atoms with Gasteiger partial charge in [0.05, 0.1) is 6.10 Å². The quantitative estimate of drug-likeness (QED) is 0.305. The Morgan fingerprint density at radius 2 is 1.47 bits per heavy atom. The molecule has 9 rings (SSSR count). The minimum absolute atomic E-state index is 0.0725. The molecule has 0 bridgehead atoms. The van der Waals surface area contributed by atoms with Crippen LogP contribution in [0.2, 0.25) is 0 Å². The lowest BCUT2D eigenvalue weighted by molar-refractivity contribution is -0.129. The van der Waals surface area contributed by atoms with Crippen molar-refractivity contribution >= 4 is 5.78 Å². The Balaban J connectivity index is 1.02. The molecule has 246 valence electrons. The molecule has 9 atom stereocenters. The van der Waals surface area contributed by atoms with Crippen LogP contribution >= 0.6 is 0 Å². The zero-order valence-corrected chi connectivity index (χ0v) is 28.2. The van der Waals surface area contributed by atoms with E-state index in [9.17, 15) is 9.90 Å². The molecule has 3 aromatic rings. The normalized spacial score (nSPS) is 36.7. The molecule has 0 heterocycles. The Morgan fingerprint density at radius 3 is 2.30 bits per heavy atom. The van der Waals surface area contributed by atoms with E-state index in [1.54, 1.807) is 0 Å². The standard InChI is InChI=1S/C43H50O4/c1-42-20-18-31-30-13-10-29(22-27(30)8-11-33(31)36(42)14-16-40(42)44)47-39-24-35-28(23-38(39)46-25-26-6-4-3-5-7-26)9-12-34-32(35)19-21-43(2)37(34)15-17-41(43)45/h3-7,10,13,22-24,31-34,36-37,41,45H,8-9,11-12,14-21,25H2,1-2H3/t31-,32+,33-,34-,36+,37+,41+,42+,43+/m1/s1. The second-order valence-corrected chi connectivity index (χ2v) is 16.6. The van der Waals surface area contributed by atoms with Crippen LogP contribution in [0, 0.1) is 34.5 Å². The average molecular weight is 631 g/mol. The van der Waals surface area contributed by atoms with E-state index in [4.69, 9.17) is 9.47 Å². The van der Waals surface area contributed by atoms with Crippen molar-refractivity contribution < 1.29 is 19.4 Å². The fourth-order valence-electron chi connectivity index (χ4n) is 12.0. The molecule has 0 unspecified atom stereocenters. The van der Waals surface area contributed by atoms with Gasteiger partial charge in [-0.1, -0.05) is 50.2 Å². The van der Waals surface area contributed by atoms with Gasteiger partial charge in [-0.3, -0.25) is 4.79 Å². The van der Waals surface area contributed by atoms with E-state index in [0.717, 1.165) is 87.0 Å². The number of benzene rings is 3. The molecule has 6 aliphatic rings. The summed E-state index contributed by atoms with van der Waals surface area (Å²) in [5.74, 6) is 6.56. The summed E-state index contributed by atoms with van der Waals surface area (Å²) in [6, 6.07) is 21.8. The van der Waals surface area contributed by atoms with E-state index in [1.807, 2.05) is 6.07 Å². The van der Waals surface area contributed by atoms with Gasteiger partial charge in [0.1, 0.15) is 18.1 Å². The van der Waals surface area contributed by atoms with Gasteiger partial charge in [-0.15, -0.1) is 0 Å². The second kappa shape index (κ2) is 11.2. The Bertz CT molecular complexity index is 1700. The Hall–Kier alpha value is -3.11. The average Bonchev–Trinajstić information content (AvgIpc) is 3.57. The van der Waals surface area contributed by atoms with E-state index in [0.29, 0.717) is 47.9 Å². The van der Waals surface area contributed by atoms with E-state index >= 15 is 0 Å². The van der Waals surface area contributed by atoms with Gasteiger partial charge >= 0.3 is 0 Å². The molecule has 0 aliphatic heterocycles. The third-order valence-corrected chi connectivity index (χ3v) is 14.6. The van der Waals surface area contributed by atoms with Crippen molar-refractivity contribution in [3.63, 3.8) is 0 Å². The summed E-state index contributed by atoms with van der Waals surface area (Å²) in [5.41, 5.74) is 6.92. The lowest BCUT2D eigenvalue weighted by atomic mass is 9.55. The molecule has 0 saturated heterocycles. The lowest BCUT2D eigenvalue weighted by Gasteiger charge is -2.50. The lowest BCUT2D eigenvalue weighted by Crippen LogP contribution is -2.43. The molecule has 6 aliphatic carbocycles. The van der Waals surface area contributed by atoms with Crippen molar-refractivity contribution in [2.45, 2.75) is 115 Å². The van der Waals surface area contributed by atoms with Crippen LogP contribution in [0.25, 0.3) is 0 Å². The summed E-state index contributed by atoms with van der Waals surface area (Å²) < 4.78 is 13.4.